The molecule has 1 atom stereocenters. The van der Waals surface area contributed by atoms with Crippen LogP contribution in [0.3, 0.4) is 0 Å². The summed E-state index contributed by atoms with van der Waals surface area (Å²) in [5.41, 5.74) is 2.58. The van der Waals surface area contributed by atoms with Gasteiger partial charge in [0.1, 0.15) is 11.5 Å². The Balaban J connectivity index is 1.71. The maximum absolute atomic E-state index is 13.5. The minimum absolute atomic E-state index is 0.000793. The molecule has 0 radical (unpaired) electrons. The zero-order valence-corrected chi connectivity index (χ0v) is 20.3. The Morgan fingerprint density at radius 1 is 0.972 bits per heavy atom. The molecule has 1 unspecified atom stereocenters. The second-order valence-electron chi connectivity index (χ2n) is 9.09. The number of aliphatic hydroxyl groups is 1. The molecule has 1 N–H and O–H groups in total. The average Bonchev–Trinajstić information content (AvgIpc) is 3.15. The first-order chi connectivity index (χ1) is 17.4. The van der Waals surface area contributed by atoms with Crippen LogP contribution in [0.15, 0.2) is 90.8 Å². The van der Waals surface area contributed by atoms with Gasteiger partial charge in [-0.3, -0.25) is 19.5 Å². The molecule has 6 nitrogen and oxygen atoms in total. The number of Topliss-reactive ketones (excluding diaryl/α,β-unsaturated/α-hetero) is 1. The summed E-state index contributed by atoms with van der Waals surface area (Å²) in [7, 11) is 0. The number of ketones is 1. The van der Waals surface area contributed by atoms with Gasteiger partial charge in [0.05, 0.1) is 23.4 Å². The van der Waals surface area contributed by atoms with E-state index in [1.165, 1.54) is 4.90 Å². The van der Waals surface area contributed by atoms with E-state index in [0.717, 1.165) is 16.3 Å². The Labute approximate surface area is 209 Å². The lowest BCUT2D eigenvalue weighted by molar-refractivity contribution is -0.132. The van der Waals surface area contributed by atoms with Crippen LogP contribution >= 0.6 is 0 Å². The topological polar surface area (TPSA) is 79.7 Å². The highest BCUT2D eigenvalue weighted by Gasteiger charge is 2.47. The highest BCUT2D eigenvalue weighted by Crippen LogP contribution is 2.44. The molecule has 4 aromatic rings. The number of aromatic nitrogens is 1. The SMILES string of the molecule is Cc1cc(/C(O)=C2\C(=O)C(=O)N(c3cccc4ccccc34)C2c2ccncc2)ccc1OC(C)C. The van der Waals surface area contributed by atoms with Crippen LogP contribution < -0.4 is 9.64 Å². The smallest absolute Gasteiger partial charge is 0.300 e. The maximum Gasteiger partial charge on any atom is 0.300 e. The number of carbonyl (C=O) groups is 2. The van der Waals surface area contributed by atoms with Crippen LogP contribution in [0.4, 0.5) is 5.69 Å². The monoisotopic (exact) mass is 478 g/mol. The van der Waals surface area contributed by atoms with Crippen molar-refractivity contribution in [2.45, 2.75) is 32.9 Å². The van der Waals surface area contributed by atoms with Gasteiger partial charge < -0.3 is 9.84 Å². The molecule has 0 spiro atoms. The standard InChI is InChI=1S/C30H26N2O4/c1-18(2)36-25-12-11-22(17-19(25)3)28(33)26-27(21-13-15-31-16-14-21)32(30(35)29(26)34)24-10-6-8-20-7-4-5-9-23(20)24/h4-18,27,33H,1-3H3/b28-26+. The second kappa shape index (κ2) is 9.30. The normalized spacial score (nSPS) is 17.2. The van der Waals surface area contributed by atoms with Gasteiger partial charge in [0.2, 0.25) is 0 Å². The zero-order chi connectivity index (χ0) is 25.4. The Kier molecular flexibility index (Phi) is 6.02. The molecular formula is C30H26N2O4. The van der Waals surface area contributed by atoms with Gasteiger partial charge in [-0.1, -0.05) is 36.4 Å². The number of aryl methyl sites for hydroxylation is 1. The van der Waals surface area contributed by atoms with Crippen molar-refractivity contribution in [2.75, 3.05) is 4.90 Å². The number of nitrogens with zero attached hydrogens (tertiary/aromatic N) is 2. The van der Waals surface area contributed by atoms with Gasteiger partial charge in [-0.15, -0.1) is 0 Å². The molecule has 36 heavy (non-hydrogen) atoms. The summed E-state index contributed by atoms with van der Waals surface area (Å²) in [4.78, 5) is 32.6. The number of amides is 1. The Morgan fingerprint density at radius 2 is 1.69 bits per heavy atom. The van der Waals surface area contributed by atoms with E-state index in [1.54, 1.807) is 42.7 Å². The van der Waals surface area contributed by atoms with Gasteiger partial charge in [0, 0.05) is 23.3 Å². The third kappa shape index (κ3) is 4.01. The molecule has 2 heterocycles. The molecule has 3 aromatic carbocycles. The van der Waals surface area contributed by atoms with E-state index in [0.29, 0.717) is 22.6 Å². The molecule has 0 saturated carbocycles. The second-order valence-corrected chi connectivity index (χ2v) is 9.09. The van der Waals surface area contributed by atoms with Gasteiger partial charge in [0.25, 0.3) is 11.7 Å². The Bertz CT molecular complexity index is 1500. The van der Waals surface area contributed by atoms with Gasteiger partial charge in [-0.2, -0.15) is 0 Å². The Hall–Kier alpha value is -4.45. The van der Waals surface area contributed by atoms with E-state index in [-0.39, 0.29) is 17.4 Å². The van der Waals surface area contributed by atoms with Gasteiger partial charge in [-0.25, -0.2) is 0 Å². The summed E-state index contributed by atoms with van der Waals surface area (Å²) in [5.74, 6) is -0.950. The van der Waals surface area contributed by atoms with Crippen molar-refractivity contribution in [3.05, 3.63) is 107 Å². The molecular weight excluding hydrogens is 452 g/mol. The summed E-state index contributed by atoms with van der Waals surface area (Å²) in [6.07, 6.45) is 3.22. The van der Waals surface area contributed by atoms with Crippen molar-refractivity contribution in [3.63, 3.8) is 0 Å². The van der Waals surface area contributed by atoms with Crippen molar-refractivity contribution in [1.82, 2.24) is 4.98 Å². The quantitative estimate of drug-likeness (QED) is 0.218. The number of carbonyl (C=O) groups excluding carboxylic acids is 2. The van der Waals surface area contributed by atoms with Crippen molar-refractivity contribution >= 4 is 33.9 Å². The number of aliphatic hydroxyl groups excluding tert-OH is 1. The molecule has 0 bridgehead atoms. The van der Waals surface area contributed by atoms with Gasteiger partial charge in [-0.05, 0) is 73.7 Å². The molecule has 1 amide bonds. The summed E-state index contributed by atoms with van der Waals surface area (Å²) in [6, 6.07) is 21.3. The van der Waals surface area contributed by atoms with E-state index < -0.39 is 17.7 Å². The van der Waals surface area contributed by atoms with Gasteiger partial charge in [0.15, 0.2) is 0 Å². The van der Waals surface area contributed by atoms with Crippen LogP contribution in [-0.2, 0) is 9.59 Å². The molecule has 1 aliphatic heterocycles. The van der Waals surface area contributed by atoms with Crippen LogP contribution in [-0.4, -0.2) is 27.9 Å². The van der Waals surface area contributed by atoms with E-state index >= 15 is 0 Å². The lowest BCUT2D eigenvalue weighted by Gasteiger charge is -2.26. The number of ether oxygens (including phenoxy) is 1. The largest absolute Gasteiger partial charge is 0.507 e. The predicted octanol–water partition coefficient (Wildman–Crippen LogP) is 5.96. The minimum Gasteiger partial charge on any atom is -0.507 e. The van der Waals surface area contributed by atoms with Crippen molar-refractivity contribution in [2.24, 2.45) is 0 Å². The molecule has 1 saturated heterocycles. The third-order valence-electron chi connectivity index (χ3n) is 6.30. The molecule has 1 aromatic heterocycles. The minimum atomic E-state index is -0.814. The van der Waals surface area contributed by atoms with Crippen LogP contribution in [0.25, 0.3) is 16.5 Å². The fourth-order valence-corrected chi connectivity index (χ4v) is 4.70. The summed E-state index contributed by atoms with van der Waals surface area (Å²) < 4.78 is 5.82. The first-order valence-corrected chi connectivity index (χ1v) is 11.8. The number of hydrogen-bond donors (Lipinski definition) is 1. The Morgan fingerprint density at radius 3 is 2.42 bits per heavy atom. The molecule has 1 fully saturated rings. The van der Waals surface area contributed by atoms with Crippen LogP contribution in [0, 0.1) is 6.92 Å². The fourth-order valence-electron chi connectivity index (χ4n) is 4.70. The molecule has 0 aliphatic carbocycles. The van der Waals surface area contributed by atoms with Gasteiger partial charge >= 0.3 is 0 Å². The first kappa shape index (κ1) is 23.3. The number of hydrogen-bond acceptors (Lipinski definition) is 5. The molecule has 180 valence electrons. The third-order valence-corrected chi connectivity index (χ3v) is 6.30. The summed E-state index contributed by atoms with van der Waals surface area (Å²) in [5, 5.41) is 13.2. The van der Waals surface area contributed by atoms with Crippen LogP contribution in [0.1, 0.15) is 36.6 Å². The van der Waals surface area contributed by atoms with Crippen molar-refractivity contribution < 1.29 is 19.4 Å². The van der Waals surface area contributed by atoms with E-state index in [1.807, 2.05) is 63.2 Å². The number of anilines is 1. The van der Waals surface area contributed by atoms with Crippen LogP contribution in [0.5, 0.6) is 5.75 Å². The maximum atomic E-state index is 13.5. The highest BCUT2D eigenvalue weighted by molar-refractivity contribution is 6.52. The fraction of sp³-hybridized carbons (Fsp3) is 0.167. The average molecular weight is 479 g/mol. The molecule has 1 aliphatic rings. The van der Waals surface area contributed by atoms with E-state index in [4.69, 9.17) is 4.74 Å². The number of fused-ring (bicyclic) bond motifs is 1. The van der Waals surface area contributed by atoms with E-state index in [2.05, 4.69) is 4.98 Å². The molecule has 6 heteroatoms. The lowest BCUT2D eigenvalue weighted by Crippen LogP contribution is -2.29. The molecule has 5 rings (SSSR count). The zero-order valence-electron chi connectivity index (χ0n) is 20.3. The number of pyridine rings is 1. The van der Waals surface area contributed by atoms with Crippen molar-refractivity contribution in [3.8, 4) is 5.75 Å². The number of rotatable bonds is 5. The predicted molar refractivity (Wildman–Crippen MR) is 140 cm³/mol. The summed E-state index contributed by atoms with van der Waals surface area (Å²) in [6.45, 7) is 5.76. The van der Waals surface area contributed by atoms with Crippen molar-refractivity contribution in [1.29, 1.82) is 0 Å². The lowest BCUT2D eigenvalue weighted by atomic mass is 9.95. The van der Waals surface area contributed by atoms with Crippen LogP contribution in [0.2, 0.25) is 0 Å². The summed E-state index contributed by atoms with van der Waals surface area (Å²) >= 11 is 0. The van der Waals surface area contributed by atoms with E-state index in [9.17, 15) is 14.7 Å². The highest BCUT2D eigenvalue weighted by atomic mass is 16.5. The first-order valence-electron chi connectivity index (χ1n) is 11.8. The number of benzene rings is 3.